The monoisotopic (exact) mass is 474 g/mol. The first-order valence-corrected chi connectivity index (χ1v) is 11.3. The number of oxazole rings is 1. The van der Waals surface area contributed by atoms with Gasteiger partial charge in [-0.2, -0.15) is 5.10 Å². The summed E-state index contributed by atoms with van der Waals surface area (Å²) in [4.78, 5) is 17.7. The second-order valence-corrected chi connectivity index (χ2v) is 8.66. The Hall–Kier alpha value is -4.18. The maximum absolute atomic E-state index is 14.0. The average molecular weight is 475 g/mol. The molecule has 170 valence electrons. The number of hydrogen-bond acceptors (Lipinski definition) is 7. The molecule has 3 aromatic heterocycles. The van der Waals surface area contributed by atoms with Gasteiger partial charge in [0.15, 0.2) is 5.69 Å². The van der Waals surface area contributed by atoms with E-state index in [1.807, 2.05) is 50.2 Å². The topological polar surface area (TPSA) is 98.7 Å². The van der Waals surface area contributed by atoms with Gasteiger partial charge in [-0.05, 0) is 43.7 Å². The van der Waals surface area contributed by atoms with Crippen molar-refractivity contribution < 1.29 is 13.6 Å². The number of halogens is 1. The van der Waals surface area contributed by atoms with Crippen LogP contribution in [0, 0.1) is 19.7 Å². The lowest BCUT2D eigenvalue weighted by atomic mass is 10.1. The van der Waals surface area contributed by atoms with Crippen molar-refractivity contribution in [2.24, 2.45) is 0 Å². The number of carbonyl (C=O) groups is 1. The Balaban J connectivity index is 1.44. The molecule has 0 saturated carbocycles. The number of hydrogen-bond donors (Lipinski definition) is 1. The Kier molecular flexibility index (Phi) is 5.72. The molecule has 0 aliphatic heterocycles. The van der Waals surface area contributed by atoms with Crippen molar-refractivity contribution in [2.45, 2.75) is 20.3 Å². The molecule has 3 heterocycles. The maximum atomic E-state index is 14.0. The molecule has 8 nitrogen and oxygen atoms in total. The number of carbonyl (C=O) groups excluding carboxylic acids is 1. The van der Waals surface area contributed by atoms with Gasteiger partial charge in [0.25, 0.3) is 11.8 Å². The lowest BCUT2D eigenvalue weighted by Gasteiger charge is -2.03. The molecule has 0 unspecified atom stereocenters. The Morgan fingerprint density at radius 2 is 1.85 bits per heavy atom. The highest BCUT2D eigenvalue weighted by Gasteiger charge is 2.25. The predicted octanol–water partition coefficient (Wildman–Crippen LogP) is 4.98. The van der Waals surface area contributed by atoms with Gasteiger partial charge >= 0.3 is 0 Å². The maximum Gasteiger partial charge on any atom is 0.281 e. The number of anilines is 1. The normalized spacial score (nSPS) is 11.0. The summed E-state index contributed by atoms with van der Waals surface area (Å²) in [6.07, 6.45) is 0.277. The molecule has 10 heteroatoms. The number of aryl methyl sites for hydroxylation is 2. The quantitative estimate of drug-likeness (QED) is 0.373. The summed E-state index contributed by atoms with van der Waals surface area (Å²) in [5, 5.41) is 16.1. The fourth-order valence-electron chi connectivity index (χ4n) is 3.48. The van der Waals surface area contributed by atoms with Crippen LogP contribution in [0.4, 0.5) is 9.52 Å². The lowest BCUT2D eigenvalue weighted by molar-refractivity contribution is 0.102. The summed E-state index contributed by atoms with van der Waals surface area (Å²) in [5.74, 6) is -0.320. The molecule has 5 aromatic rings. The van der Waals surface area contributed by atoms with Crippen LogP contribution in [0.25, 0.3) is 17.3 Å². The average Bonchev–Trinajstić information content (AvgIpc) is 3.54. The van der Waals surface area contributed by atoms with E-state index in [-0.39, 0.29) is 28.9 Å². The van der Waals surface area contributed by atoms with Gasteiger partial charge in [0.05, 0.1) is 5.69 Å². The van der Waals surface area contributed by atoms with E-state index in [0.29, 0.717) is 16.5 Å². The van der Waals surface area contributed by atoms with Crippen molar-refractivity contribution >= 4 is 22.4 Å². The van der Waals surface area contributed by atoms with Crippen molar-refractivity contribution in [3.8, 4) is 17.3 Å². The van der Waals surface area contributed by atoms with Crippen LogP contribution in [-0.4, -0.2) is 30.9 Å². The van der Waals surface area contributed by atoms with Gasteiger partial charge < -0.3 is 4.42 Å². The van der Waals surface area contributed by atoms with Crippen molar-refractivity contribution in [1.82, 2.24) is 25.0 Å². The third kappa shape index (κ3) is 4.35. The minimum atomic E-state index is -0.512. The fourth-order valence-corrected chi connectivity index (χ4v) is 4.24. The second-order valence-electron chi connectivity index (χ2n) is 7.60. The molecule has 0 radical (unpaired) electrons. The van der Waals surface area contributed by atoms with Crippen LogP contribution >= 0.6 is 11.3 Å². The van der Waals surface area contributed by atoms with E-state index in [9.17, 15) is 9.18 Å². The zero-order chi connectivity index (χ0) is 23.7. The van der Waals surface area contributed by atoms with Crippen LogP contribution in [0.5, 0.6) is 0 Å². The number of nitrogens with one attached hydrogen (secondary N) is 1. The number of benzene rings is 2. The second kappa shape index (κ2) is 8.99. The summed E-state index contributed by atoms with van der Waals surface area (Å²) in [6, 6.07) is 17.7. The summed E-state index contributed by atoms with van der Waals surface area (Å²) < 4.78 is 21.5. The first-order valence-electron chi connectivity index (χ1n) is 10.4. The van der Waals surface area contributed by atoms with Crippen LogP contribution in [-0.2, 0) is 6.42 Å². The highest BCUT2D eigenvalue weighted by Crippen LogP contribution is 2.27. The molecule has 5 rings (SSSR count). The van der Waals surface area contributed by atoms with E-state index in [1.54, 1.807) is 22.9 Å². The molecule has 2 aromatic carbocycles. The van der Waals surface area contributed by atoms with Crippen molar-refractivity contribution in [2.75, 3.05) is 5.32 Å². The van der Waals surface area contributed by atoms with E-state index in [2.05, 4.69) is 25.6 Å². The molecule has 0 aliphatic rings. The van der Waals surface area contributed by atoms with Gasteiger partial charge in [-0.1, -0.05) is 47.7 Å². The van der Waals surface area contributed by atoms with E-state index in [4.69, 9.17) is 4.42 Å². The lowest BCUT2D eigenvalue weighted by Crippen LogP contribution is -2.15. The summed E-state index contributed by atoms with van der Waals surface area (Å²) in [7, 11) is 0. The molecular formula is C24H19FN6O2S. The van der Waals surface area contributed by atoms with Gasteiger partial charge in [-0.15, -0.1) is 10.2 Å². The Morgan fingerprint density at radius 1 is 1.09 bits per heavy atom. The largest absolute Gasteiger partial charge is 0.417 e. The SMILES string of the molecule is Cc1cc(C)n(-c2oc(-c3ccccc3)nc2C(=O)Nc2nnc(Cc3ccccc3F)s2)n1. The van der Waals surface area contributed by atoms with Crippen LogP contribution in [0.2, 0.25) is 0 Å². The first kappa shape index (κ1) is 21.7. The van der Waals surface area contributed by atoms with Gasteiger partial charge in [0.1, 0.15) is 10.8 Å². The van der Waals surface area contributed by atoms with Crippen LogP contribution in [0.3, 0.4) is 0 Å². The van der Waals surface area contributed by atoms with E-state index >= 15 is 0 Å². The number of rotatable bonds is 6. The molecule has 0 aliphatic carbocycles. The first-order chi connectivity index (χ1) is 16.5. The van der Waals surface area contributed by atoms with Crippen molar-refractivity contribution in [1.29, 1.82) is 0 Å². The standard InChI is InChI=1S/C24H19FN6O2S/c1-14-12-15(2)31(30-14)23-20(26-22(33-23)16-8-4-3-5-9-16)21(32)27-24-29-28-19(34-24)13-17-10-6-7-11-18(17)25/h3-12H,13H2,1-2H3,(H,27,29,32). The molecule has 0 saturated heterocycles. The zero-order valence-corrected chi connectivity index (χ0v) is 19.1. The van der Waals surface area contributed by atoms with Crippen molar-refractivity contribution in [3.63, 3.8) is 0 Å². The minimum Gasteiger partial charge on any atom is -0.417 e. The molecule has 0 fully saturated rings. The minimum absolute atomic E-state index is 0.0657. The predicted molar refractivity (Wildman–Crippen MR) is 126 cm³/mol. The molecule has 1 amide bonds. The van der Waals surface area contributed by atoms with Gasteiger partial charge in [0, 0.05) is 17.7 Å². The third-order valence-electron chi connectivity index (χ3n) is 5.03. The summed E-state index contributed by atoms with van der Waals surface area (Å²) in [6.45, 7) is 3.72. The van der Waals surface area contributed by atoms with Crippen LogP contribution < -0.4 is 5.32 Å². The van der Waals surface area contributed by atoms with E-state index < -0.39 is 5.91 Å². The molecule has 34 heavy (non-hydrogen) atoms. The van der Waals surface area contributed by atoms with E-state index in [1.165, 1.54) is 17.4 Å². The Morgan fingerprint density at radius 3 is 2.59 bits per heavy atom. The van der Waals surface area contributed by atoms with Crippen LogP contribution in [0.15, 0.2) is 65.1 Å². The van der Waals surface area contributed by atoms with Crippen molar-refractivity contribution in [3.05, 3.63) is 94.1 Å². The van der Waals surface area contributed by atoms with E-state index in [0.717, 1.165) is 17.0 Å². The highest BCUT2D eigenvalue weighted by molar-refractivity contribution is 7.15. The molecule has 0 atom stereocenters. The Bertz CT molecular complexity index is 1470. The summed E-state index contributed by atoms with van der Waals surface area (Å²) in [5.41, 5.74) is 2.88. The van der Waals surface area contributed by atoms with Crippen LogP contribution in [0.1, 0.15) is 32.4 Å². The van der Waals surface area contributed by atoms with Gasteiger partial charge in [-0.3, -0.25) is 10.1 Å². The molecule has 1 N–H and O–H groups in total. The third-order valence-corrected chi connectivity index (χ3v) is 5.87. The fraction of sp³-hybridized carbons (Fsp3) is 0.125. The smallest absolute Gasteiger partial charge is 0.281 e. The zero-order valence-electron chi connectivity index (χ0n) is 18.3. The van der Waals surface area contributed by atoms with Gasteiger partial charge in [0.2, 0.25) is 11.0 Å². The summed E-state index contributed by atoms with van der Waals surface area (Å²) >= 11 is 1.17. The van der Waals surface area contributed by atoms with Gasteiger partial charge in [-0.25, -0.2) is 14.1 Å². The molecule has 0 spiro atoms. The molecule has 0 bridgehead atoms. The number of amides is 1. The molecular weight excluding hydrogens is 455 g/mol. The Labute approximate surface area is 198 Å². The highest BCUT2D eigenvalue weighted by atomic mass is 32.1. The number of aromatic nitrogens is 5. The number of nitrogens with zero attached hydrogens (tertiary/aromatic N) is 5.